The fourth-order valence-electron chi connectivity index (χ4n) is 4.76. The van der Waals surface area contributed by atoms with Gasteiger partial charge in [0.25, 0.3) is 0 Å². The first-order valence-corrected chi connectivity index (χ1v) is 9.16. The molecule has 0 radical (unpaired) electrons. The van der Waals surface area contributed by atoms with Crippen LogP contribution in [0.3, 0.4) is 0 Å². The number of aryl methyl sites for hydroxylation is 1. The van der Waals surface area contributed by atoms with Crippen LogP contribution in [0.5, 0.6) is 0 Å². The number of anilines is 1. The molecule has 0 aromatic carbocycles. The first-order chi connectivity index (χ1) is 12.4. The molecule has 26 heavy (non-hydrogen) atoms. The van der Waals surface area contributed by atoms with Crippen LogP contribution in [0.4, 0.5) is 14.7 Å². The monoisotopic (exact) mass is 365 g/mol. The maximum atomic E-state index is 13.2. The molecule has 0 amide bonds. The molecule has 0 unspecified atom stereocenters. The topological polar surface area (TPSA) is 75.5 Å². The average Bonchev–Trinajstić information content (AvgIpc) is 2.94. The molecule has 4 bridgehead atoms. The number of hydrogen-bond donors (Lipinski definition) is 1. The second kappa shape index (κ2) is 5.48. The van der Waals surface area contributed by atoms with E-state index in [2.05, 4.69) is 20.0 Å². The Balaban J connectivity index is 1.53. The molecule has 2 aromatic rings. The molecule has 0 saturated carbocycles. The predicted molar refractivity (Wildman–Crippen MR) is 89.7 cm³/mol. The lowest BCUT2D eigenvalue weighted by Gasteiger charge is -2.56. The van der Waals surface area contributed by atoms with Crippen molar-refractivity contribution in [2.45, 2.75) is 75.7 Å². The number of halogens is 2. The minimum absolute atomic E-state index is 0.150. The molecule has 4 saturated heterocycles. The van der Waals surface area contributed by atoms with E-state index in [1.54, 1.807) is 10.6 Å². The molecule has 6 heterocycles. The number of hydrogen-bond acceptors (Lipinski definition) is 5. The third-order valence-corrected chi connectivity index (χ3v) is 5.75. The standard InChI is InChI=1S/C17H21F2N5O2/c1-17(18,19)3-2-9-4-14-20-15(25)21-16(24(14)22-9)23-10-5-12-7-11(23)8-13(6-10)26-12/h4,10-13H,2-3,5-8H2,1H3,(H,20,25). The molecule has 0 spiro atoms. The lowest BCUT2D eigenvalue weighted by atomic mass is 9.78. The number of rotatable bonds is 4. The molecule has 4 aliphatic rings. The zero-order valence-corrected chi connectivity index (χ0v) is 14.5. The van der Waals surface area contributed by atoms with Gasteiger partial charge in [0.1, 0.15) is 5.65 Å². The molecule has 4 aliphatic heterocycles. The van der Waals surface area contributed by atoms with Gasteiger partial charge in [-0.3, -0.25) is 4.98 Å². The van der Waals surface area contributed by atoms with Gasteiger partial charge >= 0.3 is 5.69 Å². The van der Waals surface area contributed by atoms with Gasteiger partial charge in [-0.2, -0.15) is 14.6 Å². The van der Waals surface area contributed by atoms with Crippen LogP contribution in [0, 0.1) is 0 Å². The van der Waals surface area contributed by atoms with Crippen LogP contribution in [0.2, 0.25) is 0 Å². The van der Waals surface area contributed by atoms with E-state index in [0.717, 1.165) is 32.6 Å². The number of H-pyrrole nitrogens is 1. The fourth-order valence-corrected chi connectivity index (χ4v) is 4.76. The van der Waals surface area contributed by atoms with Gasteiger partial charge in [-0.05, 0) is 39.0 Å². The minimum atomic E-state index is -2.74. The van der Waals surface area contributed by atoms with E-state index in [0.29, 0.717) is 29.5 Å². The Kier molecular flexibility index (Phi) is 3.41. The minimum Gasteiger partial charge on any atom is -0.375 e. The van der Waals surface area contributed by atoms with Crippen molar-refractivity contribution in [1.29, 1.82) is 0 Å². The Morgan fingerprint density at radius 2 is 1.92 bits per heavy atom. The molecule has 140 valence electrons. The van der Waals surface area contributed by atoms with Crippen molar-refractivity contribution < 1.29 is 13.5 Å². The molecule has 6 rings (SSSR count). The number of alkyl halides is 2. The third kappa shape index (κ3) is 2.69. The summed E-state index contributed by atoms with van der Waals surface area (Å²) in [5.74, 6) is -2.22. The van der Waals surface area contributed by atoms with Crippen molar-refractivity contribution in [2.24, 2.45) is 0 Å². The summed E-state index contributed by atoms with van der Waals surface area (Å²) in [6.07, 6.45) is 4.19. The first kappa shape index (κ1) is 16.2. The summed E-state index contributed by atoms with van der Waals surface area (Å²) < 4.78 is 33.9. The van der Waals surface area contributed by atoms with Crippen molar-refractivity contribution in [3.05, 3.63) is 22.2 Å². The molecular formula is C17H21F2N5O2. The Labute approximate surface area is 148 Å². The second-order valence-electron chi connectivity index (χ2n) is 7.88. The SMILES string of the molecule is CC(F)(F)CCc1cc2[nH]c(=O)nc(N3C4CC5CC3CC(C4)O5)n2n1. The largest absolute Gasteiger partial charge is 0.375 e. The van der Waals surface area contributed by atoms with Gasteiger partial charge in [0.15, 0.2) is 0 Å². The summed E-state index contributed by atoms with van der Waals surface area (Å²) in [5.41, 5.74) is 0.592. The van der Waals surface area contributed by atoms with Crippen LogP contribution < -0.4 is 10.6 Å². The highest BCUT2D eigenvalue weighted by molar-refractivity contribution is 5.48. The Bertz CT molecular complexity index is 875. The zero-order chi connectivity index (χ0) is 18.1. The maximum Gasteiger partial charge on any atom is 0.349 e. The van der Waals surface area contributed by atoms with Crippen molar-refractivity contribution in [3.8, 4) is 0 Å². The van der Waals surface area contributed by atoms with Crippen LogP contribution in [0.25, 0.3) is 5.65 Å². The Morgan fingerprint density at radius 3 is 2.54 bits per heavy atom. The van der Waals surface area contributed by atoms with Gasteiger partial charge in [-0.25, -0.2) is 13.6 Å². The van der Waals surface area contributed by atoms with Crippen LogP contribution >= 0.6 is 0 Å². The summed E-state index contributed by atoms with van der Waals surface area (Å²) in [6, 6.07) is 2.24. The van der Waals surface area contributed by atoms with Gasteiger partial charge in [-0.15, -0.1) is 0 Å². The highest BCUT2D eigenvalue weighted by Crippen LogP contribution is 2.44. The van der Waals surface area contributed by atoms with Crippen molar-refractivity contribution in [3.63, 3.8) is 0 Å². The van der Waals surface area contributed by atoms with E-state index < -0.39 is 11.6 Å². The van der Waals surface area contributed by atoms with E-state index >= 15 is 0 Å². The van der Waals surface area contributed by atoms with Gasteiger partial charge < -0.3 is 9.64 Å². The van der Waals surface area contributed by atoms with Gasteiger partial charge in [0.2, 0.25) is 11.9 Å². The second-order valence-corrected chi connectivity index (χ2v) is 7.88. The van der Waals surface area contributed by atoms with Crippen LogP contribution in [-0.4, -0.2) is 49.8 Å². The number of aromatic amines is 1. The van der Waals surface area contributed by atoms with Gasteiger partial charge in [0.05, 0.1) is 17.9 Å². The number of fused-ring (bicyclic) bond motifs is 1. The van der Waals surface area contributed by atoms with E-state index in [1.165, 1.54) is 0 Å². The molecule has 4 fully saturated rings. The maximum absolute atomic E-state index is 13.2. The first-order valence-electron chi connectivity index (χ1n) is 9.16. The highest BCUT2D eigenvalue weighted by atomic mass is 19.3. The lowest BCUT2D eigenvalue weighted by Crippen LogP contribution is -2.63. The number of nitrogens with zero attached hydrogens (tertiary/aromatic N) is 4. The molecule has 7 nitrogen and oxygen atoms in total. The molecular weight excluding hydrogens is 344 g/mol. The molecule has 1 N–H and O–H groups in total. The zero-order valence-electron chi connectivity index (χ0n) is 14.5. The summed E-state index contributed by atoms with van der Waals surface area (Å²) in [7, 11) is 0. The quantitative estimate of drug-likeness (QED) is 0.896. The Hall–Kier alpha value is -2.03. The average molecular weight is 365 g/mol. The number of piperidine rings is 2. The molecule has 0 atom stereocenters. The summed E-state index contributed by atoms with van der Waals surface area (Å²) in [6.45, 7) is 0.903. The smallest absolute Gasteiger partial charge is 0.349 e. The van der Waals surface area contributed by atoms with Crippen LogP contribution in [-0.2, 0) is 11.2 Å². The summed E-state index contributed by atoms with van der Waals surface area (Å²) in [5, 5.41) is 4.47. The molecule has 9 heteroatoms. The van der Waals surface area contributed by atoms with E-state index in [1.807, 2.05) is 0 Å². The lowest BCUT2D eigenvalue weighted by molar-refractivity contribution is -0.121. The normalized spacial score (nSPS) is 30.5. The predicted octanol–water partition coefficient (Wildman–Crippen LogP) is 1.90. The number of nitrogens with one attached hydrogen (secondary N) is 1. The Morgan fingerprint density at radius 1 is 1.27 bits per heavy atom. The number of ether oxygens (including phenoxy) is 1. The van der Waals surface area contributed by atoms with Crippen LogP contribution in [0.15, 0.2) is 10.9 Å². The van der Waals surface area contributed by atoms with Crippen LogP contribution in [0.1, 0.15) is 44.7 Å². The van der Waals surface area contributed by atoms with Crippen molar-refractivity contribution in [1.82, 2.24) is 19.6 Å². The summed E-state index contributed by atoms with van der Waals surface area (Å²) in [4.78, 5) is 21.2. The fraction of sp³-hybridized carbons (Fsp3) is 0.706. The van der Waals surface area contributed by atoms with E-state index in [9.17, 15) is 13.6 Å². The molecule has 2 aromatic heterocycles. The summed E-state index contributed by atoms with van der Waals surface area (Å²) >= 11 is 0. The number of aromatic nitrogens is 4. The van der Waals surface area contributed by atoms with Gasteiger partial charge in [-0.1, -0.05) is 0 Å². The van der Waals surface area contributed by atoms with E-state index in [-0.39, 0.29) is 24.9 Å². The van der Waals surface area contributed by atoms with Crippen molar-refractivity contribution >= 4 is 11.6 Å². The highest BCUT2D eigenvalue weighted by Gasteiger charge is 2.49. The van der Waals surface area contributed by atoms with Crippen molar-refractivity contribution in [2.75, 3.05) is 4.90 Å². The van der Waals surface area contributed by atoms with Gasteiger partial charge in [0, 0.05) is 24.6 Å². The third-order valence-electron chi connectivity index (χ3n) is 5.75. The molecule has 0 aliphatic carbocycles. The van der Waals surface area contributed by atoms with E-state index in [4.69, 9.17) is 4.74 Å².